The number of likely N-dealkylation sites (tertiary alicyclic amines) is 1. The monoisotopic (exact) mass is 360 g/mol. The van der Waals surface area contributed by atoms with Gasteiger partial charge in [-0.2, -0.15) is 0 Å². The topological polar surface area (TPSA) is 49.4 Å². The van der Waals surface area contributed by atoms with Gasteiger partial charge in [-0.3, -0.25) is 9.59 Å². The number of hydrogen-bond acceptors (Lipinski definition) is 2. The number of amides is 2. The Balaban J connectivity index is 1.70. The van der Waals surface area contributed by atoms with E-state index in [1.54, 1.807) is 0 Å². The highest BCUT2D eigenvalue weighted by Crippen LogP contribution is 2.18. The second-order valence-electron chi connectivity index (χ2n) is 5.99. The van der Waals surface area contributed by atoms with E-state index in [4.69, 9.17) is 11.6 Å². The van der Waals surface area contributed by atoms with Crippen LogP contribution in [0.3, 0.4) is 0 Å². The van der Waals surface area contributed by atoms with Crippen LogP contribution in [0.2, 0.25) is 5.02 Å². The number of benzene rings is 2. The van der Waals surface area contributed by atoms with Crippen molar-refractivity contribution in [3.8, 4) is 0 Å². The summed E-state index contributed by atoms with van der Waals surface area (Å²) >= 11 is 5.83. The zero-order valence-corrected chi connectivity index (χ0v) is 14.4. The first-order valence-corrected chi connectivity index (χ1v) is 8.50. The summed E-state index contributed by atoms with van der Waals surface area (Å²) in [6.07, 6.45) is 1.47. The summed E-state index contributed by atoms with van der Waals surface area (Å²) in [6, 6.07) is 11.5. The van der Waals surface area contributed by atoms with E-state index in [0.717, 1.165) is 24.1 Å². The van der Waals surface area contributed by atoms with Gasteiger partial charge >= 0.3 is 0 Å². The maximum atomic E-state index is 13.8. The molecule has 25 heavy (non-hydrogen) atoms. The van der Waals surface area contributed by atoms with E-state index in [1.807, 2.05) is 29.2 Å². The van der Waals surface area contributed by atoms with E-state index in [1.165, 1.54) is 18.2 Å². The van der Waals surface area contributed by atoms with Crippen LogP contribution in [-0.2, 0) is 17.9 Å². The molecule has 1 aliphatic rings. The highest BCUT2D eigenvalue weighted by molar-refractivity contribution is 6.31. The summed E-state index contributed by atoms with van der Waals surface area (Å²) in [7, 11) is 0. The molecule has 130 valence electrons. The van der Waals surface area contributed by atoms with Crippen LogP contribution in [-0.4, -0.2) is 23.3 Å². The van der Waals surface area contributed by atoms with Crippen molar-refractivity contribution in [3.05, 3.63) is 70.0 Å². The zero-order valence-electron chi connectivity index (χ0n) is 13.6. The Kier molecular flexibility index (Phi) is 5.34. The molecule has 2 aromatic carbocycles. The average Bonchev–Trinajstić information content (AvgIpc) is 3.01. The van der Waals surface area contributed by atoms with E-state index in [-0.39, 0.29) is 18.0 Å². The maximum Gasteiger partial charge on any atom is 0.254 e. The molecule has 0 aliphatic carbocycles. The van der Waals surface area contributed by atoms with E-state index in [9.17, 15) is 14.0 Å². The number of carbonyl (C=O) groups is 2. The molecule has 0 bridgehead atoms. The fourth-order valence-corrected chi connectivity index (χ4v) is 3.08. The number of rotatable bonds is 5. The molecule has 1 heterocycles. The lowest BCUT2D eigenvalue weighted by Crippen LogP contribution is -2.27. The molecule has 6 heteroatoms. The first kappa shape index (κ1) is 17.4. The van der Waals surface area contributed by atoms with Gasteiger partial charge in [0.1, 0.15) is 5.82 Å². The smallest absolute Gasteiger partial charge is 0.254 e. The second kappa shape index (κ2) is 7.66. The Hall–Kier alpha value is -2.40. The summed E-state index contributed by atoms with van der Waals surface area (Å²) in [6.45, 7) is 1.53. The van der Waals surface area contributed by atoms with Crippen molar-refractivity contribution < 1.29 is 14.0 Å². The van der Waals surface area contributed by atoms with Gasteiger partial charge in [0.05, 0.1) is 5.56 Å². The molecular formula is C19H18ClFN2O2. The van der Waals surface area contributed by atoms with Crippen LogP contribution >= 0.6 is 11.6 Å². The van der Waals surface area contributed by atoms with Crippen molar-refractivity contribution >= 4 is 23.4 Å². The van der Waals surface area contributed by atoms with Gasteiger partial charge in [0.25, 0.3) is 5.91 Å². The Morgan fingerprint density at radius 2 is 1.96 bits per heavy atom. The molecule has 1 aliphatic heterocycles. The summed E-state index contributed by atoms with van der Waals surface area (Å²) < 4.78 is 13.8. The molecule has 0 aromatic heterocycles. The van der Waals surface area contributed by atoms with Crippen molar-refractivity contribution in [1.29, 1.82) is 0 Å². The molecule has 2 amide bonds. The molecular weight excluding hydrogens is 343 g/mol. The molecule has 0 unspecified atom stereocenters. The largest absolute Gasteiger partial charge is 0.348 e. The number of hydrogen-bond donors (Lipinski definition) is 1. The van der Waals surface area contributed by atoms with Gasteiger partial charge in [-0.05, 0) is 35.7 Å². The van der Waals surface area contributed by atoms with Crippen molar-refractivity contribution in [3.63, 3.8) is 0 Å². The molecule has 3 rings (SSSR count). The van der Waals surface area contributed by atoms with Crippen LogP contribution in [0, 0.1) is 5.82 Å². The number of carbonyl (C=O) groups excluding carboxylic acids is 2. The maximum absolute atomic E-state index is 13.8. The number of nitrogens with one attached hydrogen (secondary N) is 1. The minimum Gasteiger partial charge on any atom is -0.348 e. The van der Waals surface area contributed by atoms with Gasteiger partial charge in [0, 0.05) is 31.1 Å². The average molecular weight is 361 g/mol. The molecule has 0 radical (unpaired) electrons. The van der Waals surface area contributed by atoms with Crippen LogP contribution in [0.15, 0.2) is 42.5 Å². The van der Waals surface area contributed by atoms with Gasteiger partial charge in [0.2, 0.25) is 5.91 Å². The Labute approximate surface area is 150 Å². The summed E-state index contributed by atoms with van der Waals surface area (Å²) in [5, 5.41) is 3.02. The van der Waals surface area contributed by atoms with Gasteiger partial charge in [0.15, 0.2) is 0 Å². The summed E-state index contributed by atoms with van der Waals surface area (Å²) in [5.41, 5.74) is 1.79. The minimum absolute atomic E-state index is 0.0836. The predicted octanol–water partition coefficient (Wildman–Crippen LogP) is 3.53. The van der Waals surface area contributed by atoms with Gasteiger partial charge in [-0.15, -0.1) is 0 Å². The normalized spacial score (nSPS) is 14.0. The van der Waals surface area contributed by atoms with Gasteiger partial charge in [-0.25, -0.2) is 4.39 Å². The molecule has 1 saturated heterocycles. The lowest BCUT2D eigenvalue weighted by Gasteiger charge is -2.18. The van der Waals surface area contributed by atoms with Gasteiger partial charge in [-0.1, -0.05) is 35.9 Å². The molecule has 1 fully saturated rings. The van der Waals surface area contributed by atoms with Crippen molar-refractivity contribution in [2.45, 2.75) is 25.9 Å². The van der Waals surface area contributed by atoms with Crippen LogP contribution in [0.25, 0.3) is 0 Å². The van der Waals surface area contributed by atoms with E-state index in [2.05, 4.69) is 5.32 Å². The number of halogens is 2. The first-order chi connectivity index (χ1) is 12.0. The molecule has 4 nitrogen and oxygen atoms in total. The van der Waals surface area contributed by atoms with E-state index >= 15 is 0 Å². The Morgan fingerprint density at radius 3 is 2.68 bits per heavy atom. The SMILES string of the molecule is O=C(NCc1ccccc1CN1CCCC1=O)c1cc(Cl)ccc1F. The molecule has 0 spiro atoms. The minimum atomic E-state index is -0.613. The highest BCUT2D eigenvalue weighted by Gasteiger charge is 2.21. The van der Waals surface area contributed by atoms with Crippen molar-refractivity contribution in [2.24, 2.45) is 0 Å². The standard InChI is InChI=1S/C19H18ClFN2O2/c20-15-7-8-17(21)16(10-15)19(25)22-11-13-4-1-2-5-14(13)12-23-9-3-6-18(23)24/h1-2,4-5,7-8,10H,3,6,9,11-12H2,(H,22,25). The summed E-state index contributed by atoms with van der Waals surface area (Å²) in [5.74, 6) is -0.982. The van der Waals surface area contributed by atoms with Crippen molar-refractivity contribution in [1.82, 2.24) is 10.2 Å². The quantitative estimate of drug-likeness (QED) is 0.886. The van der Waals surface area contributed by atoms with E-state index < -0.39 is 11.7 Å². The zero-order chi connectivity index (χ0) is 17.8. The third-order valence-electron chi connectivity index (χ3n) is 4.26. The van der Waals surface area contributed by atoms with Gasteiger partial charge < -0.3 is 10.2 Å². The Bertz CT molecular complexity index is 810. The van der Waals surface area contributed by atoms with Crippen LogP contribution < -0.4 is 5.32 Å². The first-order valence-electron chi connectivity index (χ1n) is 8.12. The van der Waals surface area contributed by atoms with Crippen LogP contribution in [0.4, 0.5) is 4.39 Å². The molecule has 0 atom stereocenters. The van der Waals surface area contributed by atoms with E-state index in [0.29, 0.717) is 18.0 Å². The fraction of sp³-hybridized carbons (Fsp3) is 0.263. The molecule has 1 N–H and O–H groups in total. The van der Waals surface area contributed by atoms with Crippen LogP contribution in [0.5, 0.6) is 0 Å². The van der Waals surface area contributed by atoms with Crippen LogP contribution in [0.1, 0.15) is 34.3 Å². The van der Waals surface area contributed by atoms with Crippen molar-refractivity contribution in [2.75, 3.05) is 6.54 Å². The lowest BCUT2D eigenvalue weighted by atomic mass is 10.1. The third-order valence-corrected chi connectivity index (χ3v) is 4.50. The predicted molar refractivity (Wildman–Crippen MR) is 93.7 cm³/mol. The second-order valence-corrected chi connectivity index (χ2v) is 6.43. The third kappa shape index (κ3) is 4.17. The fourth-order valence-electron chi connectivity index (χ4n) is 2.90. The Morgan fingerprint density at radius 1 is 1.20 bits per heavy atom. The number of nitrogens with zero attached hydrogens (tertiary/aromatic N) is 1. The molecule has 2 aromatic rings. The summed E-state index contributed by atoms with van der Waals surface area (Å²) in [4.78, 5) is 25.9. The highest BCUT2D eigenvalue weighted by atomic mass is 35.5. The lowest BCUT2D eigenvalue weighted by molar-refractivity contribution is -0.128. The molecule has 0 saturated carbocycles.